The topological polar surface area (TPSA) is 70.7 Å². The summed E-state index contributed by atoms with van der Waals surface area (Å²) in [6, 6.07) is 9.24. The molecule has 1 aromatic carbocycles. The molecule has 0 saturated carbocycles. The van der Waals surface area contributed by atoms with E-state index in [0.717, 1.165) is 42.9 Å². The van der Waals surface area contributed by atoms with E-state index in [4.69, 9.17) is 4.74 Å². The van der Waals surface area contributed by atoms with Crippen molar-refractivity contribution in [3.05, 3.63) is 45.6 Å². The molecule has 2 N–H and O–H groups in total. The van der Waals surface area contributed by atoms with Crippen LogP contribution in [0.4, 0.5) is 11.4 Å². The smallest absolute Gasteiger partial charge is 0.265 e. The molecule has 1 saturated heterocycles. The van der Waals surface area contributed by atoms with Crippen LogP contribution in [0.5, 0.6) is 0 Å². The van der Waals surface area contributed by atoms with Crippen molar-refractivity contribution < 1.29 is 14.3 Å². The van der Waals surface area contributed by atoms with Crippen LogP contribution in [0.1, 0.15) is 40.4 Å². The number of carbonyl (C=O) groups excluding carboxylic acids is 2. The number of hydrogen-bond donors (Lipinski definition) is 2. The van der Waals surface area contributed by atoms with Gasteiger partial charge in [-0.3, -0.25) is 14.5 Å². The fourth-order valence-corrected chi connectivity index (χ4v) is 4.56. The first kappa shape index (κ1) is 21.5. The van der Waals surface area contributed by atoms with Crippen LogP contribution in [-0.4, -0.2) is 49.6 Å². The molecule has 6 nitrogen and oxygen atoms in total. The summed E-state index contributed by atoms with van der Waals surface area (Å²) in [6.45, 7) is 7.54. The van der Waals surface area contributed by atoms with Gasteiger partial charge in [0.2, 0.25) is 5.91 Å². The highest BCUT2D eigenvalue weighted by Gasteiger charge is 2.15. The highest BCUT2D eigenvalue weighted by molar-refractivity contribution is 7.14. The minimum absolute atomic E-state index is 0.0437. The molecule has 1 aliphatic heterocycles. The van der Waals surface area contributed by atoms with Gasteiger partial charge in [0, 0.05) is 29.3 Å². The van der Waals surface area contributed by atoms with Crippen LogP contribution in [-0.2, 0) is 22.4 Å². The van der Waals surface area contributed by atoms with Crippen molar-refractivity contribution in [2.45, 2.75) is 33.1 Å². The summed E-state index contributed by atoms with van der Waals surface area (Å²) in [7, 11) is 0. The Labute approximate surface area is 176 Å². The monoisotopic (exact) mass is 415 g/mol. The zero-order chi connectivity index (χ0) is 20.6. The van der Waals surface area contributed by atoms with Gasteiger partial charge in [0.15, 0.2) is 0 Å². The maximum atomic E-state index is 12.6. The number of aryl methyl sites for hydroxylation is 2. The summed E-state index contributed by atoms with van der Waals surface area (Å²) >= 11 is 1.58. The fourth-order valence-electron chi connectivity index (χ4n) is 3.31. The second-order valence-corrected chi connectivity index (χ2v) is 8.27. The quantitative estimate of drug-likeness (QED) is 0.688. The van der Waals surface area contributed by atoms with Gasteiger partial charge in [-0.2, -0.15) is 0 Å². The summed E-state index contributed by atoms with van der Waals surface area (Å²) in [5, 5.41) is 5.85. The van der Waals surface area contributed by atoms with Crippen molar-refractivity contribution in [2.24, 2.45) is 0 Å². The molecule has 2 amide bonds. The Morgan fingerprint density at radius 2 is 1.72 bits per heavy atom. The third kappa shape index (κ3) is 6.13. The summed E-state index contributed by atoms with van der Waals surface area (Å²) in [4.78, 5) is 28.9. The van der Waals surface area contributed by atoms with Gasteiger partial charge in [0.1, 0.15) is 0 Å². The maximum absolute atomic E-state index is 12.6. The lowest BCUT2D eigenvalue weighted by molar-refractivity contribution is -0.118. The highest BCUT2D eigenvalue weighted by Crippen LogP contribution is 2.25. The number of anilines is 2. The van der Waals surface area contributed by atoms with Gasteiger partial charge in [-0.25, -0.2) is 0 Å². The van der Waals surface area contributed by atoms with E-state index in [1.54, 1.807) is 23.5 Å². The maximum Gasteiger partial charge on any atom is 0.265 e. The van der Waals surface area contributed by atoms with Gasteiger partial charge in [-0.05, 0) is 48.7 Å². The van der Waals surface area contributed by atoms with Crippen LogP contribution in [0.3, 0.4) is 0 Å². The normalized spacial score (nSPS) is 14.6. The third-order valence-electron chi connectivity index (χ3n) is 4.88. The Balaban J connectivity index is 1.54. The fraction of sp³-hybridized carbons (Fsp3) is 0.455. The number of thiophene rings is 1. The van der Waals surface area contributed by atoms with Crippen molar-refractivity contribution in [2.75, 3.05) is 43.5 Å². The van der Waals surface area contributed by atoms with Crippen LogP contribution in [0.15, 0.2) is 30.3 Å². The zero-order valence-electron chi connectivity index (χ0n) is 17.1. The Bertz CT molecular complexity index is 826. The van der Waals surface area contributed by atoms with Gasteiger partial charge >= 0.3 is 0 Å². The second kappa shape index (κ2) is 10.5. The standard InChI is InChI=1S/C22H29N3O3S/c1-3-5-19-16(4-2)14-20(29-19)22(27)24-18-8-6-17(7-9-18)23-21(26)15-25-10-12-28-13-11-25/h6-9,14H,3-5,10-13,15H2,1-2H3,(H,23,26)(H,24,27). The predicted octanol–water partition coefficient (Wildman–Crippen LogP) is 3.79. The van der Waals surface area contributed by atoms with Crippen molar-refractivity contribution in [1.82, 2.24) is 4.90 Å². The molecule has 0 atom stereocenters. The van der Waals surface area contributed by atoms with Crippen molar-refractivity contribution in [3.8, 4) is 0 Å². The van der Waals surface area contributed by atoms with Gasteiger partial charge < -0.3 is 15.4 Å². The SMILES string of the molecule is CCCc1sc(C(=O)Nc2ccc(NC(=O)CN3CCOCC3)cc2)cc1CC. The third-order valence-corrected chi connectivity index (χ3v) is 6.11. The number of nitrogens with zero attached hydrogens (tertiary/aromatic N) is 1. The average Bonchev–Trinajstić information content (AvgIpc) is 3.14. The van der Waals surface area contributed by atoms with Crippen LogP contribution >= 0.6 is 11.3 Å². The minimum atomic E-state index is -0.0869. The van der Waals surface area contributed by atoms with E-state index in [2.05, 4.69) is 29.4 Å². The number of nitrogens with one attached hydrogen (secondary N) is 2. The Morgan fingerprint density at radius 3 is 2.34 bits per heavy atom. The van der Waals surface area contributed by atoms with Gasteiger partial charge in [-0.15, -0.1) is 11.3 Å². The number of amides is 2. The summed E-state index contributed by atoms with van der Waals surface area (Å²) in [5.74, 6) is -0.131. The number of carbonyl (C=O) groups is 2. The lowest BCUT2D eigenvalue weighted by Gasteiger charge is -2.25. The number of morpholine rings is 1. The average molecular weight is 416 g/mol. The number of hydrogen-bond acceptors (Lipinski definition) is 5. The molecule has 3 rings (SSSR count). The molecular weight excluding hydrogens is 386 g/mol. The molecule has 2 heterocycles. The summed E-state index contributed by atoms with van der Waals surface area (Å²) in [6.07, 6.45) is 3.03. The molecule has 1 aliphatic rings. The highest BCUT2D eigenvalue weighted by atomic mass is 32.1. The van der Waals surface area contributed by atoms with Crippen LogP contribution in [0.2, 0.25) is 0 Å². The lowest BCUT2D eigenvalue weighted by Crippen LogP contribution is -2.41. The molecule has 1 fully saturated rings. The van der Waals surface area contributed by atoms with E-state index in [9.17, 15) is 9.59 Å². The molecule has 156 valence electrons. The zero-order valence-corrected chi connectivity index (χ0v) is 17.9. The predicted molar refractivity (Wildman–Crippen MR) is 118 cm³/mol. The van der Waals surface area contributed by atoms with E-state index in [1.165, 1.54) is 10.4 Å². The lowest BCUT2D eigenvalue weighted by atomic mass is 10.1. The number of ether oxygens (including phenoxy) is 1. The number of rotatable bonds is 8. The van der Waals surface area contributed by atoms with E-state index < -0.39 is 0 Å². The summed E-state index contributed by atoms with van der Waals surface area (Å²) < 4.78 is 5.30. The Morgan fingerprint density at radius 1 is 1.07 bits per heavy atom. The second-order valence-electron chi connectivity index (χ2n) is 7.13. The van der Waals surface area contributed by atoms with Crippen LogP contribution in [0, 0.1) is 0 Å². The van der Waals surface area contributed by atoms with Gasteiger partial charge in [0.05, 0.1) is 24.6 Å². The molecular formula is C22H29N3O3S. The van der Waals surface area contributed by atoms with E-state index in [1.807, 2.05) is 18.2 Å². The van der Waals surface area contributed by atoms with E-state index >= 15 is 0 Å². The van der Waals surface area contributed by atoms with Crippen molar-refractivity contribution in [3.63, 3.8) is 0 Å². The molecule has 0 bridgehead atoms. The van der Waals surface area contributed by atoms with Crippen molar-refractivity contribution in [1.29, 1.82) is 0 Å². The summed E-state index contributed by atoms with van der Waals surface area (Å²) in [5.41, 5.74) is 2.70. The molecule has 0 unspecified atom stereocenters. The molecule has 29 heavy (non-hydrogen) atoms. The first-order valence-corrected chi connectivity index (χ1v) is 11.0. The Hall–Kier alpha value is -2.22. The first-order valence-electron chi connectivity index (χ1n) is 10.2. The molecule has 0 spiro atoms. The molecule has 7 heteroatoms. The van der Waals surface area contributed by atoms with E-state index in [-0.39, 0.29) is 11.8 Å². The van der Waals surface area contributed by atoms with Crippen molar-refractivity contribution >= 4 is 34.5 Å². The number of benzene rings is 1. The molecule has 2 aromatic rings. The van der Waals surface area contributed by atoms with Gasteiger partial charge in [0.25, 0.3) is 5.91 Å². The van der Waals surface area contributed by atoms with Crippen LogP contribution < -0.4 is 10.6 Å². The largest absolute Gasteiger partial charge is 0.379 e. The first-order chi connectivity index (χ1) is 14.1. The van der Waals surface area contributed by atoms with Crippen LogP contribution in [0.25, 0.3) is 0 Å². The Kier molecular flexibility index (Phi) is 7.80. The molecule has 1 aromatic heterocycles. The minimum Gasteiger partial charge on any atom is -0.379 e. The molecule has 0 aliphatic carbocycles. The van der Waals surface area contributed by atoms with Gasteiger partial charge in [-0.1, -0.05) is 20.3 Å². The van der Waals surface area contributed by atoms with E-state index in [0.29, 0.717) is 25.4 Å². The molecule has 0 radical (unpaired) electrons.